The number of nitrogens with zero attached hydrogens (tertiary/aromatic N) is 4. The van der Waals surface area contributed by atoms with E-state index in [1.807, 2.05) is 13.2 Å². The lowest BCUT2D eigenvalue weighted by molar-refractivity contribution is 0.191. The number of rotatable bonds is 3. The Labute approximate surface area is 145 Å². The lowest BCUT2D eigenvalue weighted by Gasteiger charge is -2.35. The second kappa shape index (κ2) is 7.08. The number of nitrogens with one attached hydrogen (secondary N) is 1. The maximum absolute atomic E-state index is 13.8. The number of amides is 2. The van der Waals surface area contributed by atoms with E-state index in [0.717, 1.165) is 11.8 Å². The Kier molecular flexibility index (Phi) is 4.87. The van der Waals surface area contributed by atoms with Gasteiger partial charge in [-0.3, -0.25) is 4.68 Å². The number of hydrogen-bond donors (Lipinski definition) is 1. The summed E-state index contributed by atoms with van der Waals surface area (Å²) in [5.41, 5.74) is 1.17. The van der Waals surface area contributed by atoms with Crippen molar-refractivity contribution in [3.63, 3.8) is 0 Å². The van der Waals surface area contributed by atoms with Crippen molar-refractivity contribution in [3.05, 3.63) is 47.8 Å². The van der Waals surface area contributed by atoms with Crippen LogP contribution in [0.4, 0.5) is 19.3 Å². The summed E-state index contributed by atoms with van der Waals surface area (Å²) < 4.78 is 28.9. The summed E-state index contributed by atoms with van der Waals surface area (Å²) in [5.74, 6) is -1.83. The number of hydrogen-bond acceptors (Lipinski definition) is 3. The molecule has 3 rings (SSSR count). The highest BCUT2D eigenvalue weighted by molar-refractivity contribution is 5.75. The number of piperazine rings is 1. The van der Waals surface area contributed by atoms with Crippen LogP contribution in [-0.4, -0.2) is 46.9 Å². The number of benzene rings is 1. The first-order chi connectivity index (χ1) is 12.0. The molecule has 1 aromatic heterocycles. The Hall–Kier alpha value is -2.64. The van der Waals surface area contributed by atoms with Gasteiger partial charge in [-0.15, -0.1) is 0 Å². The number of aromatic nitrogens is 2. The molecule has 2 aromatic rings. The minimum atomic E-state index is -0.920. The predicted octanol–water partition coefficient (Wildman–Crippen LogP) is 2.29. The average molecular weight is 349 g/mol. The van der Waals surface area contributed by atoms with Gasteiger partial charge in [0.1, 0.15) is 0 Å². The second-order valence-electron chi connectivity index (χ2n) is 6.16. The van der Waals surface area contributed by atoms with Gasteiger partial charge in [0.2, 0.25) is 0 Å². The third-order valence-electron chi connectivity index (χ3n) is 4.41. The van der Waals surface area contributed by atoms with Crippen molar-refractivity contribution < 1.29 is 13.6 Å². The molecular weight excluding hydrogens is 328 g/mol. The lowest BCUT2D eigenvalue weighted by Crippen LogP contribution is -2.52. The van der Waals surface area contributed by atoms with E-state index in [4.69, 9.17) is 0 Å². The van der Waals surface area contributed by atoms with Gasteiger partial charge in [0, 0.05) is 45.0 Å². The van der Waals surface area contributed by atoms with Gasteiger partial charge in [-0.1, -0.05) is 12.1 Å². The van der Waals surface area contributed by atoms with E-state index >= 15 is 0 Å². The van der Waals surface area contributed by atoms with E-state index in [9.17, 15) is 13.6 Å². The fourth-order valence-electron chi connectivity index (χ4n) is 2.95. The van der Waals surface area contributed by atoms with Gasteiger partial charge < -0.3 is 15.1 Å². The quantitative estimate of drug-likeness (QED) is 0.925. The monoisotopic (exact) mass is 349 g/mol. The molecule has 0 unspecified atom stereocenters. The summed E-state index contributed by atoms with van der Waals surface area (Å²) in [6, 6.07) is 3.08. The van der Waals surface area contributed by atoms with Crippen molar-refractivity contribution in [2.75, 3.05) is 31.1 Å². The molecule has 1 aliphatic heterocycles. The SMILES string of the molecule is C[C@H](NC(=O)N1CCN(c2cnn(C)c2)CC1)c1cccc(F)c1F. The molecule has 0 saturated carbocycles. The fraction of sp³-hybridized carbons (Fsp3) is 0.412. The van der Waals surface area contributed by atoms with Gasteiger partial charge >= 0.3 is 6.03 Å². The van der Waals surface area contributed by atoms with Gasteiger partial charge in [-0.2, -0.15) is 5.10 Å². The first kappa shape index (κ1) is 17.2. The van der Waals surface area contributed by atoms with Crippen molar-refractivity contribution in [1.82, 2.24) is 20.0 Å². The summed E-state index contributed by atoms with van der Waals surface area (Å²) in [7, 11) is 1.86. The predicted molar refractivity (Wildman–Crippen MR) is 90.3 cm³/mol. The molecule has 1 aliphatic rings. The van der Waals surface area contributed by atoms with E-state index in [0.29, 0.717) is 26.2 Å². The minimum Gasteiger partial charge on any atom is -0.365 e. The summed E-state index contributed by atoms with van der Waals surface area (Å²) in [5, 5.41) is 6.89. The molecule has 1 atom stereocenters. The topological polar surface area (TPSA) is 53.4 Å². The molecule has 1 fully saturated rings. The molecule has 0 radical (unpaired) electrons. The summed E-state index contributed by atoms with van der Waals surface area (Å²) in [6.45, 7) is 4.14. The molecule has 0 aliphatic carbocycles. The van der Waals surface area contributed by atoms with Crippen LogP contribution >= 0.6 is 0 Å². The molecule has 2 heterocycles. The Morgan fingerprint density at radius 1 is 1.24 bits per heavy atom. The van der Waals surface area contributed by atoms with Crippen molar-refractivity contribution >= 4 is 11.7 Å². The Balaban J connectivity index is 1.56. The van der Waals surface area contributed by atoms with Crippen molar-refractivity contribution in [3.8, 4) is 0 Å². The van der Waals surface area contributed by atoms with Crippen molar-refractivity contribution in [1.29, 1.82) is 0 Å². The van der Waals surface area contributed by atoms with Crippen LogP contribution < -0.4 is 10.2 Å². The van der Waals surface area contributed by atoms with Gasteiger partial charge in [-0.05, 0) is 13.0 Å². The van der Waals surface area contributed by atoms with Crippen LogP contribution in [0.1, 0.15) is 18.5 Å². The Morgan fingerprint density at radius 2 is 1.96 bits per heavy atom. The highest BCUT2D eigenvalue weighted by Crippen LogP contribution is 2.20. The molecule has 8 heteroatoms. The molecule has 1 N–H and O–H groups in total. The van der Waals surface area contributed by atoms with E-state index in [1.165, 1.54) is 12.1 Å². The number of anilines is 1. The van der Waals surface area contributed by atoms with E-state index in [1.54, 1.807) is 22.7 Å². The van der Waals surface area contributed by atoms with E-state index < -0.39 is 17.7 Å². The first-order valence-electron chi connectivity index (χ1n) is 8.18. The minimum absolute atomic E-state index is 0.141. The first-order valence-corrected chi connectivity index (χ1v) is 8.18. The lowest BCUT2D eigenvalue weighted by atomic mass is 10.1. The zero-order valence-electron chi connectivity index (χ0n) is 14.2. The standard InChI is InChI=1S/C17H21F2N5O/c1-12(14-4-3-5-15(18)16(14)19)21-17(25)24-8-6-23(7-9-24)13-10-20-22(2)11-13/h3-5,10-12H,6-9H2,1-2H3,(H,21,25)/t12-/m0/s1. The number of halogens is 2. The molecular formula is C17H21F2N5O. The highest BCUT2D eigenvalue weighted by Gasteiger charge is 2.24. The smallest absolute Gasteiger partial charge is 0.317 e. The van der Waals surface area contributed by atoms with Crippen LogP contribution in [0, 0.1) is 11.6 Å². The Morgan fingerprint density at radius 3 is 2.60 bits per heavy atom. The highest BCUT2D eigenvalue weighted by atomic mass is 19.2. The maximum Gasteiger partial charge on any atom is 0.317 e. The summed E-state index contributed by atoms with van der Waals surface area (Å²) in [6.07, 6.45) is 3.73. The van der Waals surface area contributed by atoms with Crippen molar-refractivity contribution in [2.45, 2.75) is 13.0 Å². The Bertz CT molecular complexity index is 755. The number of urea groups is 1. The zero-order chi connectivity index (χ0) is 18.0. The van der Waals surface area contributed by atoms with E-state index in [2.05, 4.69) is 15.3 Å². The van der Waals surface area contributed by atoms with Gasteiger partial charge in [0.15, 0.2) is 11.6 Å². The molecule has 25 heavy (non-hydrogen) atoms. The molecule has 0 spiro atoms. The van der Waals surface area contributed by atoms with Crippen LogP contribution in [0.2, 0.25) is 0 Å². The number of aryl methyl sites for hydroxylation is 1. The second-order valence-corrected chi connectivity index (χ2v) is 6.16. The van der Waals surface area contributed by atoms with Gasteiger partial charge in [0.25, 0.3) is 0 Å². The number of carbonyl (C=O) groups excluding carboxylic acids is 1. The van der Waals surface area contributed by atoms with Gasteiger partial charge in [-0.25, -0.2) is 13.6 Å². The molecule has 0 bridgehead atoms. The average Bonchev–Trinajstić information content (AvgIpc) is 3.04. The zero-order valence-corrected chi connectivity index (χ0v) is 14.2. The molecule has 1 saturated heterocycles. The largest absolute Gasteiger partial charge is 0.365 e. The van der Waals surface area contributed by atoms with Gasteiger partial charge in [0.05, 0.1) is 17.9 Å². The third kappa shape index (κ3) is 3.72. The fourth-order valence-corrected chi connectivity index (χ4v) is 2.95. The number of carbonyl (C=O) groups is 1. The maximum atomic E-state index is 13.8. The molecule has 2 amide bonds. The molecule has 1 aromatic carbocycles. The van der Waals surface area contributed by atoms with Crippen LogP contribution in [0.5, 0.6) is 0 Å². The van der Waals surface area contributed by atoms with E-state index in [-0.39, 0.29) is 11.6 Å². The molecule has 134 valence electrons. The van der Waals surface area contributed by atoms with Crippen molar-refractivity contribution in [2.24, 2.45) is 7.05 Å². The molecule has 6 nitrogen and oxygen atoms in total. The third-order valence-corrected chi connectivity index (χ3v) is 4.41. The van der Waals surface area contributed by atoms with Crippen LogP contribution in [0.25, 0.3) is 0 Å². The van der Waals surface area contributed by atoms with Crippen LogP contribution in [0.15, 0.2) is 30.6 Å². The summed E-state index contributed by atoms with van der Waals surface area (Å²) >= 11 is 0. The summed E-state index contributed by atoms with van der Waals surface area (Å²) in [4.78, 5) is 16.2. The van der Waals surface area contributed by atoms with Crippen LogP contribution in [-0.2, 0) is 7.05 Å². The van der Waals surface area contributed by atoms with Crippen LogP contribution in [0.3, 0.4) is 0 Å². The normalized spacial score (nSPS) is 16.0.